The Morgan fingerprint density at radius 2 is 1.93 bits per heavy atom. The maximum Gasteiger partial charge on any atom is 0.319 e. The minimum absolute atomic E-state index is 0.0777. The summed E-state index contributed by atoms with van der Waals surface area (Å²) in [6.45, 7) is 1.82. The maximum atomic E-state index is 14.3. The van der Waals surface area contributed by atoms with E-state index in [0.29, 0.717) is 17.4 Å². The first kappa shape index (κ1) is 18.3. The molecule has 0 unspecified atom stereocenters. The average molecular weight is 381 g/mol. The van der Waals surface area contributed by atoms with Gasteiger partial charge >= 0.3 is 6.03 Å². The lowest BCUT2D eigenvalue weighted by molar-refractivity contribution is 0.248. The number of pyridine rings is 1. The van der Waals surface area contributed by atoms with Crippen LogP contribution in [0, 0.1) is 18.6 Å². The Kier molecular flexibility index (Phi) is 4.94. The number of aryl methyl sites for hydroxylation is 1. The number of benzene rings is 2. The van der Waals surface area contributed by atoms with Gasteiger partial charge in [0, 0.05) is 28.7 Å². The van der Waals surface area contributed by atoms with Crippen molar-refractivity contribution in [1.29, 1.82) is 0 Å². The van der Waals surface area contributed by atoms with E-state index in [-0.39, 0.29) is 23.5 Å². The van der Waals surface area contributed by atoms with Crippen LogP contribution in [0.15, 0.2) is 48.7 Å². The molecule has 2 atom stereocenters. The number of anilines is 1. The van der Waals surface area contributed by atoms with Gasteiger partial charge in [-0.3, -0.25) is 4.98 Å². The third-order valence-corrected chi connectivity index (χ3v) is 5.34. The molecule has 0 aliphatic heterocycles. The summed E-state index contributed by atoms with van der Waals surface area (Å²) in [4.78, 5) is 16.7. The molecule has 0 spiro atoms. The van der Waals surface area contributed by atoms with E-state index < -0.39 is 11.8 Å². The van der Waals surface area contributed by atoms with Gasteiger partial charge < -0.3 is 10.6 Å². The Balaban J connectivity index is 1.46. The lowest BCUT2D eigenvalue weighted by atomic mass is 9.97. The molecular formula is C22H21F2N3O. The van der Waals surface area contributed by atoms with Gasteiger partial charge in [-0.25, -0.2) is 13.6 Å². The van der Waals surface area contributed by atoms with Crippen molar-refractivity contribution in [2.45, 2.75) is 38.1 Å². The van der Waals surface area contributed by atoms with Gasteiger partial charge in [-0.05, 0) is 61.9 Å². The molecule has 6 heteroatoms. The summed E-state index contributed by atoms with van der Waals surface area (Å²) in [7, 11) is 0. The second kappa shape index (κ2) is 7.54. The van der Waals surface area contributed by atoms with Crippen molar-refractivity contribution in [3.05, 3.63) is 71.6 Å². The minimum Gasteiger partial charge on any atom is -0.335 e. The highest BCUT2D eigenvalue weighted by Gasteiger charge is 2.28. The largest absolute Gasteiger partial charge is 0.335 e. The van der Waals surface area contributed by atoms with E-state index in [1.807, 2.05) is 13.0 Å². The number of nitrogens with zero attached hydrogens (tertiary/aromatic N) is 1. The first-order valence-electron chi connectivity index (χ1n) is 9.38. The number of carbonyl (C=O) groups excluding carboxylic acids is 1. The fraction of sp³-hybridized carbons (Fsp3) is 0.273. The molecule has 1 aliphatic rings. The van der Waals surface area contributed by atoms with Gasteiger partial charge in [-0.2, -0.15) is 0 Å². The second-order valence-electron chi connectivity index (χ2n) is 7.30. The summed E-state index contributed by atoms with van der Waals surface area (Å²) in [6, 6.07) is 10.9. The summed E-state index contributed by atoms with van der Waals surface area (Å²) < 4.78 is 28.3. The lowest BCUT2D eigenvalue weighted by Crippen LogP contribution is -2.36. The van der Waals surface area contributed by atoms with Crippen LogP contribution in [0.2, 0.25) is 0 Å². The molecule has 4 nitrogen and oxygen atoms in total. The van der Waals surface area contributed by atoms with E-state index in [0.717, 1.165) is 23.9 Å². The molecule has 4 rings (SSSR count). The Bertz CT molecular complexity index is 1030. The number of carbonyl (C=O) groups is 1. The normalized spacial score (nSPS) is 19.0. The van der Waals surface area contributed by atoms with Crippen LogP contribution in [0.3, 0.4) is 0 Å². The van der Waals surface area contributed by atoms with Crippen LogP contribution >= 0.6 is 0 Å². The van der Waals surface area contributed by atoms with Crippen molar-refractivity contribution in [2.24, 2.45) is 0 Å². The second-order valence-corrected chi connectivity index (χ2v) is 7.30. The molecule has 1 aliphatic carbocycles. The lowest BCUT2D eigenvalue weighted by Gasteiger charge is -2.16. The van der Waals surface area contributed by atoms with Crippen LogP contribution in [0.25, 0.3) is 10.8 Å². The minimum atomic E-state index is -0.496. The van der Waals surface area contributed by atoms with Crippen LogP contribution in [0.5, 0.6) is 0 Å². The number of fused-ring (bicyclic) bond motifs is 1. The Morgan fingerprint density at radius 3 is 2.75 bits per heavy atom. The number of hydrogen-bond donors (Lipinski definition) is 2. The Morgan fingerprint density at radius 1 is 1.11 bits per heavy atom. The molecule has 1 fully saturated rings. The van der Waals surface area contributed by atoms with Crippen molar-refractivity contribution < 1.29 is 13.6 Å². The molecule has 0 saturated heterocycles. The molecule has 2 aromatic carbocycles. The van der Waals surface area contributed by atoms with Crippen molar-refractivity contribution >= 4 is 22.5 Å². The molecule has 1 aromatic heterocycles. The first-order chi connectivity index (χ1) is 13.5. The van der Waals surface area contributed by atoms with Gasteiger partial charge in [0.05, 0.1) is 5.69 Å². The zero-order chi connectivity index (χ0) is 19.7. The van der Waals surface area contributed by atoms with Crippen molar-refractivity contribution in [3.8, 4) is 0 Å². The number of rotatable bonds is 3. The molecule has 0 bridgehead atoms. The van der Waals surface area contributed by atoms with Crippen LogP contribution in [-0.4, -0.2) is 17.1 Å². The van der Waals surface area contributed by atoms with Gasteiger partial charge in [-0.1, -0.05) is 18.2 Å². The van der Waals surface area contributed by atoms with Crippen LogP contribution in [-0.2, 0) is 0 Å². The first-order valence-corrected chi connectivity index (χ1v) is 9.38. The number of aromatic nitrogens is 1. The SMILES string of the molecule is Cc1cc2c(NC(=O)N[C@H]3CC[C@H](c4ccccc4F)C3)c(F)ccc2cn1. The number of nitrogens with one attached hydrogen (secondary N) is 2. The maximum absolute atomic E-state index is 14.3. The van der Waals surface area contributed by atoms with Crippen LogP contribution < -0.4 is 10.6 Å². The smallest absolute Gasteiger partial charge is 0.319 e. The zero-order valence-electron chi connectivity index (χ0n) is 15.5. The van der Waals surface area contributed by atoms with E-state index in [1.54, 1.807) is 30.5 Å². The molecule has 28 heavy (non-hydrogen) atoms. The van der Waals surface area contributed by atoms with Crippen LogP contribution in [0.1, 0.15) is 36.4 Å². The van der Waals surface area contributed by atoms with Crippen molar-refractivity contribution in [3.63, 3.8) is 0 Å². The summed E-state index contributed by atoms with van der Waals surface area (Å²) in [5.74, 6) is -0.627. The van der Waals surface area contributed by atoms with E-state index in [1.165, 1.54) is 12.1 Å². The quantitative estimate of drug-likeness (QED) is 0.649. The Labute approximate surface area is 162 Å². The Hall–Kier alpha value is -3.02. The molecule has 2 amide bonds. The van der Waals surface area contributed by atoms with Gasteiger partial charge in [0.15, 0.2) is 0 Å². The van der Waals surface area contributed by atoms with Crippen molar-refractivity contribution in [2.75, 3.05) is 5.32 Å². The van der Waals surface area contributed by atoms with E-state index in [9.17, 15) is 13.6 Å². The van der Waals surface area contributed by atoms with Crippen LogP contribution in [0.4, 0.5) is 19.3 Å². The fourth-order valence-electron chi connectivity index (χ4n) is 3.96. The standard InChI is InChI=1S/C22H21F2N3O/c1-13-10-18-15(12-25-13)7-9-20(24)21(18)27-22(28)26-16-8-6-14(11-16)17-4-2-3-5-19(17)23/h2-5,7,9-10,12,14,16H,6,8,11H2,1H3,(H2,26,27,28)/t14-,16-/m0/s1. The zero-order valence-corrected chi connectivity index (χ0v) is 15.5. The average Bonchev–Trinajstić information content (AvgIpc) is 3.12. The topological polar surface area (TPSA) is 54.0 Å². The van der Waals surface area contributed by atoms with Crippen molar-refractivity contribution in [1.82, 2.24) is 10.3 Å². The summed E-state index contributed by atoms with van der Waals surface area (Å²) in [6.07, 6.45) is 3.88. The highest BCUT2D eigenvalue weighted by atomic mass is 19.1. The highest BCUT2D eigenvalue weighted by molar-refractivity contribution is 6.01. The molecule has 3 aromatic rings. The number of halogens is 2. The molecule has 2 N–H and O–H groups in total. The third kappa shape index (κ3) is 3.67. The summed E-state index contributed by atoms with van der Waals surface area (Å²) >= 11 is 0. The number of hydrogen-bond acceptors (Lipinski definition) is 2. The van der Waals surface area contributed by atoms with E-state index in [4.69, 9.17) is 0 Å². The van der Waals surface area contributed by atoms with Gasteiger partial charge in [0.25, 0.3) is 0 Å². The van der Waals surface area contributed by atoms with Gasteiger partial charge in [-0.15, -0.1) is 0 Å². The predicted molar refractivity (Wildman–Crippen MR) is 105 cm³/mol. The molecule has 1 heterocycles. The summed E-state index contributed by atoms with van der Waals surface area (Å²) in [5, 5.41) is 6.91. The number of urea groups is 1. The monoisotopic (exact) mass is 381 g/mol. The molecular weight excluding hydrogens is 360 g/mol. The molecule has 144 valence electrons. The fourth-order valence-corrected chi connectivity index (χ4v) is 3.96. The highest BCUT2D eigenvalue weighted by Crippen LogP contribution is 2.35. The third-order valence-electron chi connectivity index (χ3n) is 5.34. The molecule has 0 radical (unpaired) electrons. The number of amides is 2. The van der Waals surface area contributed by atoms with Gasteiger partial charge in [0.2, 0.25) is 0 Å². The predicted octanol–water partition coefficient (Wildman–Crippen LogP) is 5.28. The van der Waals surface area contributed by atoms with E-state index in [2.05, 4.69) is 15.6 Å². The van der Waals surface area contributed by atoms with Gasteiger partial charge in [0.1, 0.15) is 11.6 Å². The van der Waals surface area contributed by atoms with E-state index >= 15 is 0 Å². The summed E-state index contributed by atoms with van der Waals surface area (Å²) in [5.41, 5.74) is 1.57. The molecule has 1 saturated carbocycles.